The lowest BCUT2D eigenvalue weighted by atomic mass is 10.1. The van der Waals surface area contributed by atoms with Crippen LogP contribution in [-0.4, -0.2) is 30.5 Å². The van der Waals surface area contributed by atoms with Crippen molar-refractivity contribution >= 4 is 11.3 Å². The Kier molecular flexibility index (Phi) is 5.27. The molecule has 0 aliphatic carbocycles. The first-order valence-electron chi connectivity index (χ1n) is 6.20. The van der Waals surface area contributed by atoms with Crippen LogP contribution in [0.3, 0.4) is 0 Å². The normalized spacial score (nSPS) is 11.8. The predicted molar refractivity (Wildman–Crippen MR) is 73.9 cm³/mol. The lowest BCUT2D eigenvalue weighted by Gasteiger charge is -2.06. The van der Waals surface area contributed by atoms with Gasteiger partial charge in [0.15, 0.2) is 0 Å². The summed E-state index contributed by atoms with van der Waals surface area (Å²) >= 11 is 1.35. The third kappa shape index (κ3) is 4.48. The Morgan fingerprint density at radius 2 is 1.90 bits per heavy atom. The molecule has 1 heterocycles. The van der Waals surface area contributed by atoms with Crippen LogP contribution in [-0.2, 0) is 17.5 Å². The average molecular weight is 317 g/mol. The number of benzene rings is 1. The molecule has 0 amide bonds. The van der Waals surface area contributed by atoms with Crippen molar-refractivity contribution in [1.82, 2.24) is 15.5 Å². The van der Waals surface area contributed by atoms with E-state index in [0.717, 1.165) is 17.1 Å². The number of methoxy groups -OCH3 is 1. The quantitative estimate of drug-likeness (QED) is 0.832. The maximum Gasteiger partial charge on any atom is 0.416 e. The molecule has 0 aliphatic rings. The minimum atomic E-state index is -4.32. The third-order valence-electron chi connectivity index (χ3n) is 2.69. The minimum absolute atomic E-state index is 0.557. The summed E-state index contributed by atoms with van der Waals surface area (Å²) in [4.78, 5) is 0. The standard InChI is InChI=1S/C13H14F3N3OS/c1-20-7-6-17-8-11-18-19-12(21-11)9-2-4-10(5-3-9)13(14,15)16/h2-5,17H,6-8H2,1H3. The predicted octanol–water partition coefficient (Wildman–Crippen LogP) is 2.96. The second-order valence-corrected chi connectivity index (χ2v) is 5.31. The number of nitrogens with one attached hydrogen (secondary N) is 1. The lowest BCUT2D eigenvalue weighted by molar-refractivity contribution is -0.137. The number of alkyl halides is 3. The van der Waals surface area contributed by atoms with E-state index in [1.807, 2.05) is 0 Å². The fourth-order valence-electron chi connectivity index (χ4n) is 1.61. The lowest BCUT2D eigenvalue weighted by Crippen LogP contribution is -2.18. The Bertz CT molecular complexity index is 569. The number of hydrogen-bond acceptors (Lipinski definition) is 5. The number of ether oxygens (including phenoxy) is 1. The number of aromatic nitrogens is 2. The number of rotatable bonds is 6. The first-order valence-corrected chi connectivity index (χ1v) is 7.02. The molecule has 2 aromatic rings. The summed E-state index contributed by atoms with van der Waals surface area (Å²) < 4.78 is 42.4. The molecular formula is C13H14F3N3OS. The molecule has 8 heteroatoms. The van der Waals surface area contributed by atoms with E-state index < -0.39 is 11.7 Å². The van der Waals surface area contributed by atoms with Gasteiger partial charge in [-0.25, -0.2) is 0 Å². The van der Waals surface area contributed by atoms with Crippen molar-refractivity contribution in [2.45, 2.75) is 12.7 Å². The Balaban J connectivity index is 2.00. The molecule has 0 saturated carbocycles. The first kappa shape index (κ1) is 15.9. The zero-order valence-corrected chi connectivity index (χ0v) is 12.1. The average Bonchev–Trinajstić information content (AvgIpc) is 2.92. The van der Waals surface area contributed by atoms with Crippen molar-refractivity contribution in [2.75, 3.05) is 20.3 Å². The van der Waals surface area contributed by atoms with E-state index in [4.69, 9.17) is 4.74 Å². The smallest absolute Gasteiger partial charge is 0.383 e. The number of hydrogen-bond donors (Lipinski definition) is 1. The van der Waals surface area contributed by atoms with Crippen LogP contribution in [0.2, 0.25) is 0 Å². The van der Waals surface area contributed by atoms with Gasteiger partial charge >= 0.3 is 6.18 Å². The molecule has 0 unspecified atom stereocenters. The first-order chi connectivity index (χ1) is 10.0. The molecule has 0 fully saturated rings. The van der Waals surface area contributed by atoms with Gasteiger partial charge < -0.3 is 10.1 Å². The van der Waals surface area contributed by atoms with E-state index in [0.29, 0.717) is 30.3 Å². The van der Waals surface area contributed by atoms with Gasteiger partial charge in [0.1, 0.15) is 10.0 Å². The largest absolute Gasteiger partial charge is 0.416 e. The van der Waals surface area contributed by atoms with Gasteiger partial charge in [-0.3, -0.25) is 0 Å². The van der Waals surface area contributed by atoms with E-state index in [1.54, 1.807) is 7.11 Å². The van der Waals surface area contributed by atoms with Crippen LogP contribution in [0.5, 0.6) is 0 Å². The monoisotopic (exact) mass is 317 g/mol. The maximum absolute atomic E-state index is 12.5. The van der Waals surface area contributed by atoms with E-state index in [2.05, 4.69) is 15.5 Å². The van der Waals surface area contributed by atoms with Gasteiger partial charge in [0.2, 0.25) is 0 Å². The Hall–Kier alpha value is -1.51. The fourth-order valence-corrected chi connectivity index (χ4v) is 2.43. The molecular weight excluding hydrogens is 303 g/mol. The molecule has 1 N–H and O–H groups in total. The zero-order valence-electron chi connectivity index (χ0n) is 11.3. The summed E-state index contributed by atoms with van der Waals surface area (Å²) in [5, 5.41) is 12.5. The topological polar surface area (TPSA) is 47.0 Å². The Labute approximate surface area is 124 Å². The van der Waals surface area contributed by atoms with Gasteiger partial charge in [-0.15, -0.1) is 10.2 Å². The molecule has 0 atom stereocenters. The molecule has 114 valence electrons. The summed E-state index contributed by atoms with van der Waals surface area (Å²) in [7, 11) is 1.62. The molecule has 0 aliphatic heterocycles. The van der Waals surface area contributed by atoms with Crippen LogP contribution >= 0.6 is 11.3 Å². The van der Waals surface area contributed by atoms with Crippen LogP contribution in [0, 0.1) is 0 Å². The van der Waals surface area contributed by atoms with E-state index in [9.17, 15) is 13.2 Å². The van der Waals surface area contributed by atoms with Gasteiger partial charge in [0.05, 0.1) is 12.2 Å². The number of nitrogens with zero attached hydrogens (tertiary/aromatic N) is 2. The maximum atomic E-state index is 12.5. The Morgan fingerprint density at radius 1 is 1.19 bits per heavy atom. The molecule has 21 heavy (non-hydrogen) atoms. The van der Waals surface area contributed by atoms with Crippen molar-refractivity contribution in [3.63, 3.8) is 0 Å². The van der Waals surface area contributed by atoms with Crippen molar-refractivity contribution in [3.8, 4) is 10.6 Å². The summed E-state index contributed by atoms with van der Waals surface area (Å²) in [5.41, 5.74) is -0.0409. The number of halogens is 3. The molecule has 1 aromatic carbocycles. The second kappa shape index (κ2) is 6.97. The van der Waals surface area contributed by atoms with Gasteiger partial charge in [-0.2, -0.15) is 13.2 Å². The highest BCUT2D eigenvalue weighted by atomic mass is 32.1. The van der Waals surface area contributed by atoms with Crippen LogP contribution in [0.4, 0.5) is 13.2 Å². The molecule has 2 rings (SSSR count). The van der Waals surface area contributed by atoms with Gasteiger partial charge in [0.25, 0.3) is 0 Å². The summed E-state index contributed by atoms with van der Waals surface area (Å²) in [6, 6.07) is 4.91. The second-order valence-electron chi connectivity index (χ2n) is 4.25. The minimum Gasteiger partial charge on any atom is -0.383 e. The molecule has 0 saturated heterocycles. The van der Waals surface area contributed by atoms with Crippen LogP contribution in [0.1, 0.15) is 10.6 Å². The summed E-state index contributed by atoms with van der Waals surface area (Å²) in [6.07, 6.45) is -4.32. The SMILES string of the molecule is COCCNCc1nnc(-c2ccc(C(F)(F)F)cc2)s1. The van der Waals surface area contributed by atoms with Crippen LogP contribution < -0.4 is 5.32 Å². The van der Waals surface area contributed by atoms with E-state index in [1.165, 1.54) is 23.5 Å². The molecule has 1 aromatic heterocycles. The molecule has 0 bridgehead atoms. The van der Waals surface area contributed by atoms with Crippen molar-refractivity contribution in [3.05, 3.63) is 34.8 Å². The highest BCUT2D eigenvalue weighted by Gasteiger charge is 2.30. The molecule has 0 spiro atoms. The fraction of sp³-hybridized carbons (Fsp3) is 0.385. The third-order valence-corrected chi connectivity index (χ3v) is 3.66. The zero-order chi connectivity index (χ0) is 15.3. The van der Waals surface area contributed by atoms with E-state index in [-0.39, 0.29) is 0 Å². The van der Waals surface area contributed by atoms with Crippen molar-refractivity contribution in [2.24, 2.45) is 0 Å². The van der Waals surface area contributed by atoms with Gasteiger partial charge in [-0.1, -0.05) is 23.5 Å². The summed E-state index contributed by atoms with van der Waals surface area (Å²) in [5.74, 6) is 0. The van der Waals surface area contributed by atoms with E-state index >= 15 is 0 Å². The van der Waals surface area contributed by atoms with Gasteiger partial charge in [-0.05, 0) is 12.1 Å². The van der Waals surface area contributed by atoms with Crippen molar-refractivity contribution in [1.29, 1.82) is 0 Å². The van der Waals surface area contributed by atoms with Gasteiger partial charge in [0, 0.05) is 25.8 Å². The van der Waals surface area contributed by atoms with Crippen LogP contribution in [0.25, 0.3) is 10.6 Å². The molecule has 0 radical (unpaired) electrons. The highest BCUT2D eigenvalue weighted by molar-refractivity contribution is 7.14. The highest BCUT2D eigenvalue weighted by Crippen LogP contribution is 2.31. The summed E-state index contributed by atoms with van der Waals surface area (Å²) in [6.45, 7) is 1.86. The Morgan fingerprint density at radius 3 is 2.52 bits per heavy atom. The molecule has 4 nitrogen and oxygen atoms in total. The van der Waals surface area contributed by atoms with Crippen molar-refractivity contribution < 1.29 is 17.9 Å². The van der Waals surface area contributed by atoms with Crippen LogP contribution in [0.15, 0.2) is 24.3 Å².